The Bertz CT molecular complexity index is 606. The lowest BCUT2D eigenvalue weighted by Gasteiger charge is -1.92. The zero-order valence-electron chi connectivity index (χ0n) is 10.6. The number of carboxylic acids is 1. The quantitative estimate of drug-likeness (QED) is 0.684. The molecule has 0 amide bonds. The molecule has 0 aliphatic carbocycles. The molecule has 0 fully saturated rings. The van der Waals surface area contributed by atoms with Gasteiger partial charge in [-0.25, -0.2) is 4.79 Å². The minimum absolute atomic E-state index is 0.0422. The fourth-order valence-electron chi connectivity index (χ4n) is 1.28. The monoisotopic (exact) mass is 290 g/mol. The molecule has 2 rings (SSSR count). The molecule has 0 atom stereocenters. The predicted molar refractivity (Wildman–Crippen MR) is 73.2 cm³/mol. The molecule has 8 nitrogen and oxygen atoms in total. The maximum absolute atomic E-state index is 10.3. The molecule has 0 aliphatic rings. The van der Waals surface area contributed by atoms with Gasteiger partial charge in [-0.2, -0.15) is 0 Å². The topological polar surface area (TPSA) is 124 Å². The van der Waals surface area contributed by atoms with E-state index < -0.39 is 15.8 Å². The number of benzene rings is 2. The van der Waals surface area contributed by atoms with Gasteiger partial charge in [-0.3, -0.25) is 20.2 Å². The number of hydrogen-bond donors (Lipinski definition) is 1. The number of nitro groups is 2. The van der Waals surface area contributed by atoms with Crippen LogP contribution in [-0.4, -0.2) is 20.9 Å². The molecule has 108 valence electrons. The van der Waals surface area contributed by atoms with Crippen molar-refractivity contribution in [3.05, 3.63) is 80.4 Å². The maximum Gasteiger partial charge on any atom is 0.335 e. The number of nitro benzene ring substituents is 2. The van der Waals surface area contributed by atoms with Crippen LogP contribution < -0.4 is 0 Å². The molecule has 0 unspecified atom stereocenters. The minimum atomic E-state index is -1.09. The van der Waals surface area contributed by atoms with E-state index in [2.05, 4.69) is 0 Å². The van der Waals surface area contributed by atoms with E-state index in [1.165, 1.54) is 24.3 Å². The molecule has 8 heteroatoms. The Labute approximate surface area is 118 Å². The van der Waals surface area contributed by atoms with Gasteiger partial charge in [0, 0.05) is 24.3 Å². The normalized spacial score (nSPS) is 9.14. The Morgan fingerprint density at radius 1 is 0.810 bits per heavy atom. The lowest BCUT2D eigenvalue weighted by molar-refractivity contribution is -0.385. The lowest BCUT2D eigenvalue weighted by Crippen LogP contribution is -1.96. The van der Waals surface area contributed by atoms with Gasteiger partial charge in [0.15, 0.2) is 0 Å². The van der Waals surface area contributed by atoms with E-state index in [0.717, 1.165) is 12.1 Å². The molecule has 1 N–H and O–H groups in total. The van der Waals surface area contributed by atoms with Crippen molar-refractivity contribution in [1.82, 2.24) is 0 Å². The molecule has 0 bridgehead atoms. The van der Waals surface area contributed by atoms with E-state index in [0.29, 0.717) is 0 Å². The third kappa shape index (κ3) is 5.07. The first-order chi connectivity index (χ1) is 9.91. The summed E-state index contributed by atoms with van der Waals surface area (Å²) in [6.45, 7) is 0. The number of nitrogens with zero attached hydrogens (tertiary/aromatic N) is 2. The van der Waals surface area contributed by atoms with E-state index in [9.17, 15) is 25.0 Å². The van der Waals surface area contributed by atoms with Gasteiger partial charge in [0.1, 0.15) is 0 Å². The highest BCUT2D eigenvalue weighted by Crippen LogP contribution is 2.11. The zero-order chi connectivity index (χ0) is 15.8. The third-order valence-corrected chi connectivity index (χ3v) is 2.29. The van der Waals surface area contributed by atoms with Gasteiger partial charge in [0.05, 0.1) is 15.4 Å². The molecular formula is C13H10N2O6. The van der Waals surface area contributed by atoms with Crippen molar-refractivity contribution >= 4 is 17.3 Å². The molecule has 0 saturated carbocycles. The average Bonchev–Trinajstić information content (AvgIpc) is 2.49. The number of carboxylic acid groups (broad SMARTS) is 1. The molecular weight excluding hydrogens is 280 g/mol. The van der Waals surface area contributed by atoms with E-state index >= 15 is 0 Å². The van der Waals surface area contributed by atoms with Crippen LogP contribution in [0.25, 0.3) is 0 Å². The Morgan fingerprint density at radius 2 is 1.24 bits per heavy atom. The number of non-ortho nitro benzene ring substituents is 2. The van der Waals surface area contributed by atoms with Gasteiger partial charge in [-0.05, 0) is 12.1 Å². The third-order valence-electron chi connectivity index (χ3n) is 2.29. The van der Waals surface area contributed by atoms with Crippen molar-refractivity contribution < 1.29 is 19.7 Å². The van der Waals surface area contributed by atoms with Crippen LogP contribution in [0.2, 0.25) is 0 Å². The van der Waals surface area contributed by atoms with Crippen LogP contribution in [0.5, 0.6) is 0 Å². The molecule has 0 heterocycles. The van der Waals surface area contributed by atoms with Crippen LogP contribution in [0.15, 0.2) is 54.6 Å². The van der Waals surface area contributed by atoms with Crippen molar-refractivity contribution in [3.8, 4) is 0 Å². The fourth-order valence-corrected chi connectivity index (χ4v) is 1.28. The Balaban J connectivity index is 0.000000219. The molecule has 2 aromatic rings. The molecule has 0 aromatic heterocycles. The first-order valence-corrected chi connectivity index (χ1v) is 5.59. The van der Waals surface area contributed by atoms with Crippen molar-refractivity contribution in [1.29, 1.82) is 0 Å². The second kappa shape index (κ2) is 7.34. The predicted octanol–water partition coefficient (Wildman–Crippen LogP) is 2.89. The summed E-state index contributed by atoms with van der Waals surface area (Å²) in [5.41, 5.74) is 0.0677. The van der Waals surface area contributed by atoms with Crippen LogP contribution in [0.3, 0.4) is 0 Å². The van der Waals surface area contributed by atoms with Gasteiger partial charge < -0.3 is 5.11 Å². The Morgan fingerprint density at radius 3 is 1.57 bits per heavy atom. The number of rotatable bonds is 3. The summed E-state index contributed by atoms with van der Waals surface area (Å²) in [5.74, 6) is -1.09. The summed E-state index contributed by atoms with van der Waals surface area (Å²) in [6.07, 6.45) is 0. The summed E-state index contributed by atoms with van der Waals surface area (Å²) in [6, 6.07) is 12.6. The second-order valence-corrected chi connectivity index (χ2v) is 3.70. The highest BCUT2D eigenvalue weighted by molar-refractivity contribution is 5.87. The Hall–Kier alpha value is -3.29. The first-order valence-electron chi connectivity index (χ1n) is 5.59. The van der Waals surface area contributed by atoms with Crippen LogP contribution >= 0.6 is 0 Å². The molecule has 0 radical (unpaired) electrons. The highest BCUT2D eigenvalue weighted by atomic mass is 16.6. The van der Waals surface area contributed by atoms with Crippen molar-refractivity contribution in [3.63, 3.8) is 0 Å². The van der Waals surface area contributed by atoms with Crippen LogP contribution in [0, 0.1) is 20.2 Å². The summed E-state index contributed by atoms with van der Waals surface area (Å²) in [7, 11) is 0. The summed E-state index contributed by atoms with van der Waals surface area (Å²) >= 11 is 0. The van der Waals surface area contributed by atoms with Gasteiger partial charge in [-0.1, -0.05) is 18.2 Å². The fraction of sp³-hybridized carbons (Fsp3) is 0. The molecule has 2 aromatic carbocycles. The number of aromatic carboxylic acids is 1. The standard InChI is InChI=1S/C7H5NO4.C6H5NO2/c9-7(10)5-1-3-6(4-2-5)8(11)12;8-7(9)6-4-2-1-3-5-6/h1-4H,(H,9,10);1-5H. The minimum Gasteiger partial charge on any atom is -0.478 e. The van der Waals surface area contributed by atoms with Crippen LogP contribution in [0.1, 0.15) is 10.4 Å². The summed E-state index contributed by atoms with van der Waals surface area (Å²) in [5, 5.41) is 28.6. The largest absolute Gasteiger partial charge is 0.478 e. The number of para-hydroxylation sites is 1. The van der Waals surface area contributed by atoms with Crippen molar-refractivity contribution in [2.45, 2.75) is 0 Å². The Kier molecular flexibility index (Phi) is 5.51. The number of hydrogen-bond acceptors (Lipinski definition) is 5. The van der Waals surface area contributed by atoms with E-state index in [1.54, 1.807) is 18.2 Å². The molecule has 0 aliphatic heterocycles. The van der Waals surface area contributed by atoms with Gasteiger partial charge >= 0.3 is 5.97 Å². The molecule has 0 saturated heterocycles. The number of carbonyl (C=O) groups is 1. The van der Waals surface area contributed by atoms with E-state index in [1.807, 2.05) is 0 Å². The summed E-state index contributed by atoms with van der Waals surface area (Å²) in [4.78, 5) is 29.5. The van der Waals surface area contributed by atoms with E-state index in [4.69, 9.17) is 5.11 Å². The first kappa shape index (κ1) is 15.8. The maximum atomic E-state index is 10.3. The van der Waals surface area contributed by atoms with Gasteiger partial charge in [0.2, 0.25) is 0 Å². The highest BCUT2D eigenvalue weighted by Gasteiger charge is 2.06. The SMILES string of the molecule is O=C(O)c1ccc([N+](=O)[O-])cc1.O=[N+]([O-])c1ccccc1. The lowest BCUT2D eigenvalue weighted by atomic mass is 10.2. The summed E-state index contributed by atoms with van der Waals surface area (Å²) < 4.78 is 0. The van der Waals surface area contributed by atoms with Crippen molar-refractivity contribution in [2.24, 2.45) is 0 Å². The molecule has 21 heavy (non-hydrogen) atoms. The zero-order valence-corrected chi connectivity index (χ0v) is 10.6. The molecule has 0 spiro atoms. The van der Waals surface area contributed by atoms with Gasteiger partial charge in [-0.15, -0.1) is 0 Å². The van der Waals surface area contributed by atoms with Crippen LogP contribution in [0.4, 0.5) is 11.4 Å². The van der Waals surface area contributed by atoms with E-state index in [-0.39, 0.29) is 16.9 Å². The van der Waals surface area contributed by atoms with Crippen LogP contribution in [-0.2, 0) is 0 Å². The second-order valence-electron chi connectivity index (χ2n) is 3.70. The average molecular weight is 290 g/mol. The van der Waals surface area contributed by atoms with Crippen molar-refractivity contribution in [2.75, 3.05) is 0 Å². The smallest absolute Gasteiger partial charge is 0.335 e. The van der Waals surface area contributed by atoms with Gasteiger partial charge in [0.25, 0.3) is 11.4 Å².